The molecule has 1 aromatic carbocycles. The van der Waals surface area contributed by atoms with E-state index >= 15 is 0 Å². The van der Waals surface area contributed by atoms with Crippen LogP contribution in [0.2, 0.25) is 0 Å². The van der Waals surface area contributed by atoms with Gasteiger partial charge in [-0.15, -0.1) is 0 Å². The molecule has 16 heteroatoms. The summed E-state index contributed by atoms with van der Waals surface area (Å²) < 4.78 is 0. The van der Waals surface area contributed by atoms with Crippen LogP contribution in [0.5, 0.6) is 0 Å². The van der Waals surface area contributed by atoms with Gasteiger partial charge in [0.05, 0.1) is 11.6 Å². The number of nitrogens with two attached hydrogens (primary N) is 2. The average Bonchev–Trinajstić information content (AvgIpc) is 2.87. The van der Waals surface area contributed by atoms with Crippen molar-refractivity contribution in [1.82, 2.24) is 30.4 Å². The number of nitrogens with one attached hydrogen (secondary N) is 4. The molecule has 3 rings (SSSR count). The Hall–Kier alpha value is -2.41. The minimum atomic E-state index is -0.723. The third-order valence-corrected chi connectivity index (χ3v) is 2.98. The quantitative estimate of drug-likeness (QED) is 0.315. The molecule has 2 radical (unpaired) electrons. The average molecular weight is 666 g/mol. The van der Waals surface area contributed by atoms with E-state index in [-0.39, 0.29) is 108 Å². The van der Waals surface area contributed by atoms with Crippen molar-refractivity contribution in [3.05, 3.63) is 59.3 Å². The van der Waals surface area contributed by atoms with Crippen LogP contribution in [0.15, 0.2) is 36.4 Å². The molecule has 2 aromatic heterocycles. The van der Waals surface area contributed by atoms with Gasteiger partial charge >= 0.3 is 0 Å². The van der Waals surface area contributed by atoms with Crippen LogP contribution in [0.25, 0.3) is 11.5 Å². The Bertz CT molecular complexity index is 893. The van der Waals surface area contributed by atoms with Gasteiger partial charge < -0.3 is 43.5 Å². The number of anilines is 2. The van der Waals surface area contributed by atoms with E-state index in [1.54, 1.807) is 14.1 Å². The molecule has 0 spiro atoms. The second kappa shape index (κ2) is 28.2. The number of rotatable bonds is 4. The van der Waals surface area contributed by atoms with E-state index in [0.717, 1.165) is 0 Å². The number of carbonyl (C=O) groups excluding carboxylic acids is 2. The number of hydrogen-bond acceptors (Lipinski definition) is 10. The van der Waals surface area contributed by atoms with Gasteiger partial charge in [0.25, 0.3) is 11.8 Å². The van der Waals surface area contributed by atoms with Crippen molar-refractivity contribution < 1.29 is 75.0 Å². The van der Waals surface area contributed by atoms with Crippen LogP contribution in [-0.4, -0.2) is 56.3 Å². The summed E-state index contributed by atoms with van der Waals surface area (Å²) in [6.07, 6.45) is 0. The fourth-order valence-corrected chi connectivity index (χ4v) is 1.72. The van der Waals surface area contributed by atoms with Crippen LogP contribution in [0.3, 0.4) is 0 Å². The van der Waals surface area contributed by atoms with E-state index in [1.165, 1.54) is 0 Å². The van der Waals surface area contributed by atoms with E-state index in [1.807, 2.05) is 64.1 Å². The van der Waals surface area contributed by atoms with E-state index in [4.69, 9.17) is 22.9 Å². The van der Waals surface area contributed by atoms with E-state index in [9.17, 15) is 9.59 Å². The summed E-state index contributed by atoms with van der Waals surface area (Å²) in [7, 11) is 3.10. The first-order valence-electron chi connectivity index (χ1n) is 10.2. The largest absolute Gasteiger partial charge is 0.409 e. The molecule has 37 heavy (non-hydrogen) atoms. The van der Waals surface area contributed by atoms with Crippen LogP contribution in [0.1, 0.15) is 56.1 Å². The van der Waals surface area contributed by atoms with Crippen molar-refractivity contribution in [3.8, 4) is 0 Å². The Morgan fingerprint density at radius 2 is 0.892 bits per heavy atom. The van der Waals surface area contributed by atoms with Gasteiger partial charge in [-0.2, -0.15) is 0 Å². The molecule has 0 aliphatic heterocycles. The predicted octanol–water partition coefficient (Wildman–Crippen LogP) is 3.76. The minimum absolute atomic E-state index is 0. The third-order valence-electron chi connectivity index (χ3n) is 2.98. The molecule has 0 unspecified atom stereocenters. The molecule has 8 N–H and O–H groups in total. The van der Waals surface area contributed by atoms with Crippen LogP contribution < -0.4 is 22.1 Å². The molecule has 0 aliphatic carbocycles. The van der Waals surface area contributed by atoms with E-state index < -0.39 is 11.8 Å². The summed E-state index contributed by atoms with van der Waals surface area (Å²) in [6, 6.07) is 12.0. The maximum Gasteiger partial charge on any atom is 0.270 e. The number of carbonyl (C=O) groups is 2. The topological polar surface area (TPSA) is 235 Å². The summed E-state index contributed by atoms with van der Waals surface area (Å²) in [4.78, 5) is 28.5. The van der Waals surface area contributed by atoms with Crippen LogP contribution in [0.4, 0.5) is 23.5 Å². The molecule has 0 saturated heterocycles. The Morgan fingerprint density at radius 1 is 0.649 bits per heavy atom. The van der Waals surface area contributed by atoms with Crippen molar-refractivity contribution in [3.63, 3.8) is 0 Å². The number of amides is 2. The molecule has 3 aromatic rings. The molecule has 0 saturated carbocycles. The monoisotopic (exact) mass is 666 g/mol. The maximum atomic E-state index is 10.7. The van der Waals surface area contributed by atoms with Crippen LogP contribution in [0, 0.1) is 0 Å². The van der Waals surface area contributed by atoms with Gasteiger partial charge in [0.1, 0.15) is 0 Å². The molecular weight excluding hydrogens is 630 g/mol. The molecule has 14 nitrogen and oxygen atoms in total. The summed E-state index contributed by atoms with van der Waals surface area (Å²) >= 11 is 0. The summed E-state index contributed by atoms with van der Waals surface area (Å²) in [5, 5.41) is 18.5. The zero-order valence-corrected chi connectivity index (χ0v) is 26.9. The fraction of sp³-hybridized carbons (Fsp3) is 0.333. The smallest absolute Gasteiger partial charge is 0.270 e. The van der Waals surface area contributed by atoms with Gasteiger partial charge in [-0.3, -0.25) is 19.8 Å². The third kappa shape index (κ3) is 19.4. The van der Waals surface area contributed by atoms with Gasteiger partial charge in [0, 0.05) is 91.4 Å². The molecule has 0 atom stereocenters. The first kappa shape index (κ1) is 44.6. The van der Waals surface area contributed by atoms with Crippen molar-refractivity contribution in [2.75, 3.05) is 24.7 Å². The van der Waals surface area contributed by atoms with Crippen LogP contribution in [-0.2, 0) is 65.4 Å². The van der Waals surface area contributed by atoms with Gasteiger partial charge in [-0.1, -0.05) is 71.5 Å². The maximum absolute atomic E-state index is 10.7. The second-order valence-corrected chi connectivity index (χ2v) is 5.05. The molecule has 0 fully saturated rings. The van der Waals surface area contributed by atoms with E-state index in [0.29, 0.717) is 0 Å². The predicted molar refractivity (Wildman–Crippen MR) is 140 cm³/mol. The van der Waals surface area contributed by atoms with Gasteiger partial charge in [0.2, 0.25) is 0 Å². The van der Waals surface area contributed by atoms with Crippen molar-refractivity contribution in [2.45, 2.75) is 35.1 Å². The summed E-state index contributed by atoms with van der Waals surface area (Å²) in [5.41, 5.74) is 23.8. The zero-order valence-electron chi connectivity index (χ0n) is 21.3. The first-order valence-corrected chi connectivity index (χ1v) is 10.2. The SMILES string of the molecule is C.CC.CC.CNc1nc([NH-])nnc1C(N)=O.CNc1nc([NH-])nnc1C(N)=O.[Y].[Y].c1ccccc1. The number of hydrogen-bond donors (Lipinski definition) is 4. The molecular formula is C21H36N12O2Y2-2. The molecule has 2 heterocycles. The first-order chi connectivity index (χ1) is 16.3. The number of aromatic nitrogens is 6. The molecule has 0 bridgehead atoms. The molecule has 2 amide bonds. The molecule has 200 valence electrons. The normalized spacial score (nSPS) is 7.73. The Kier molecular flexibility index (Phi) is 33.9. The van der Waals surface area contributed by atoms with Crippen molar-refractivity contribution in [2.24, 2.45) is 11.5 Å². The Balaban J connectivity index is -0.000000129. The fourth-order valence-electron chi connectivity index (χ4n) is 1.72. The number of primary amides is 2. The van der Waals surface area contributed by atoms with E-state index in [2.05, 4.69) is 41.0 Å². The van der Waals surface area contributed by atoms with Crippen LogP contribution >= 0.6 is 0 Å². The minimum Gasteiger partial charge on any atom is -0.409 e. The number of nitrogens with zero attached hydrogens (tertiary/aromatic N) is 6. The Labute approximate surface area is 269 Å². The van der Waals surface area contributed by atoms with Gasteiger partial charge in [-0.05, 0) is 0 Å². The standard InChI is InChI=1S/C6H6.2C5H8N6O.2C2H6.CH4.2Y/c1-2-4-6-5-3-1;2*1-8-4-2(3(6)12)10-11-5(7)9-4;2*1-2;;;/h1-6H;2*1H3,(H5,6,7,8,9,11,12);2*1-2H3;1H4;;/p-2. The molecule has 0 aliphatic rings. The van der Waals surface area contributed by atoms with Gasteiger partial charge in [-0.25, -0.2) is 10.2 Å². The van der Waals surface area contributed by atoms with Crippen molar-refractivity contribution in [1.29, 1.82) is 0 Å². The summed E-state index contributed by atoms with van der Waals surface area (Å²) in [6.45, 7) is 8.00. The van der Waals surface area contributed by atoms with Crippen molar-refractivity contribution >= 4 is 35.3 Å². The summed E-state index contributed by atoms with van der Waals surface area (Å²) in [5.74, 6) is -1.63. The second-order valence-electron chi connectivity index (χ2n) is 5.05. The zero-order chi connectivity index (χ0) is 26.5. The van der Waals surface area contributed by atoms with Gasteiger partial charge in [0.15, 0.2) is 11.4 Å². The Morgan fingerprint density at radius 3 is 1.08 bits per heavy atom. The number of benzene rings is 1.